The molecule has 2 atom stereocenters. The number of aliphatic hydroxyl groups excluding tert-OH is 1. The summed E-state index contributed by atoms with van der Waals surface area (Å²) >= 11 is 0. The molecule has 0 aromatic carbocycles. The molecule has 1 nitrogen and oxygen atoms in total. The van der Waals surface area contributed by atoms with E-state index in [0.29, 0.717) is 5.92 Å². The summed E-state index contributed by atoms with van der Waals surface area (Å²) in [5.74, 6) is 0.477. The van der Waals surface area contributed by atoms with Gasteiger partial charge in [-0.15, -0.1) is 0 Å². The summed E-state index contributed by atoms with van der Waals surface area (Å²) in [5.41, 5.74) is 0. The normalized spacial score (nSPS) is 15.2. The summed E-state index contributed by atoms with van der Waals surface area (Å²) in [6, 6.07) is 0. The lowest BCUT2D eigenvalue weighted by Crippen LogP contribution is -2.12. The molecule has 1 N–H and O–H groups in total. The van der Waals surface area contributed by atoms with Crippen LogP contribution in [0.2, 0.25) is 0 Å². The van der Waals surface area contributed by atoms with Gasteiger partial charge in [-0.3, -0.25) is 0 Å². The van der Waals surface area contributed by atoms with E-state index in [0.717, 1.165) is 0 Å². The molecule has 1 heteroatoms. The summed E-state index contributed by atoms with van der Waals surface area (Å²) in [7, 11) is 0. The predicted molar refractivity (Wildman–Crippen MR) is 68.1 cm³/mol. The van der Waals surface area contributed by atoms with Crippen molar-refractivity contribution in [2.75, 3.05) is 0 Å². The zero-order chi connectivity index (χ0) is 11.5. The van der Waals surface area contributed by atoms with Crippen LogP contribution in [0.5, 0.6) is 0 Å². The van der Waals surface area contributed by atoms with E-state index in [2.05, 4.69) is 13.8 Å². The Labute approximate surface area is 96.3 Å². The molecule has 0 amide bonds. The van der Waals surface area contributed by atoms with Gasteiger partial charge in [-0.1, -0.05) is 65.2 Å². The molecule has 0 saturated carbocycles. The summed E-state index contributed by atoms with van der Waals surface area (Å²) in [4.78, 5) is 0. The van der Waals surface area contributed by atoms with Crippen LogP contribution in [0, 0.1) is 5.92 Å². The van der Waals surface area contributed by atoms with Crippen molar-refractivity contribution in [2.24, 2.45) is 5.92 Å². The van der Waals surface area contributed by atoms with Crippen LogP contribution >= 0.6 is 0 Å². The quantitative estimate of drug-likeness (QED) is 0.530. The minimum absolute atomic E-state index is 0.130. The molecule has 0 fully saturated rings. The third-order valence-corrected chi connectivity index (χ3v) is 3.34. The number of rotatable bonds is 10. The van der Waals surface area contributed by atoms with Crippen molar-refractivity contribution < 1.29 is 5.11 Å². The van der Waals surface area contributed by atoms with Crippen LogP contribution in [0.15, 0.2) is 0 Å². The maximum absolute atomic E-state index is 9.32. The zero-order valence-electron chi connectivity index (χ0n) is 11.0. The van der Waals surface area contributed by atoms with Crippen molar-refractivity contribution in [1.82, 2.24) is 0 Å². The molecule has 0 aliphatic rings. The highest BCUT2D eigenvalue weighted by Crippen LogP contribution is 2.15. The van der Waals surface area contributed by atoms with Crippen LogP contribution in [0.4, 0.5) is 0 Å². The molecule has 0 aliphatic heterocycles. The van der Waals surface area contributed by atoms with Crippen molar-refractivity contribution in [3.8, 4) is 0 Å². The molecule has 0 heterocycles. The molecular weight excluding hydrogens is 184 g/mol. The molecule has 0 bridgehead atoms. The molecule has 92 valence electrons. The first kappa shape index (κ1) is 15.0. The van der Waals surface area contributed by atoms with E-state index in [9.17, 15) is 5.11 Å². The Morgan fingerprint density at radius 3 is 1.73 bits per heavy atom. The van der Waals surface area contributed by atoms with Crippen molar-refractivity contribution in [3.05, 3.63) is 0 Å². The Kier molecular flexibility index (Phi) is 10.4. The van der Waals surface area contributed by atoms with E-state index < -0.39 is 0 Å². The fourth-order valence-corrected chi connectivity index (χ4v) is 1.84. The third kappa shape index (κ3) is 10.2. The van der Waals surface area contributed by atoms with E-state index in [1.807, 2.05) is 6.92 Å². The van der Waals surface area contributed by atoms with Gasteiger partial charge in [0.15, 0.2) is 0 Å². The second-order valence-electron chi connectivity index (χ2n) is 4.98. The number of aliphatic hydroxyl groups is 1. The van der Waals surface area contributed by atoms with E-state index in [1.165, 1.54) is 57.8 Å². The van der Waals surface area contributed by atoms with Gasteiger partial charge >= 0.3 is 0 Å². The molecule has 0 aromatic rings. The van der Waals surface area contributed by atoms with E-state index in [-0.39, 0.29) is 6.10 Å². The monoisotopic (exact) mass is 214 g/mol. The topological polar surface area (TPSA) is 20.2 Å². The number of hydrogen-bond acceptors (Lipinski definition) is 1. The molecule has 0 radical (unpaired) electrons. The summed E-state index contributed by atoms with van der Waals surface area (Å²) in [6.07, 6.45) is 12.1. The molecule has 0 saturated heterocycles. The highest BCUT2D eigenvalue weighted by Gasteiger charge is 2.07. The predicted octanol–water partition coefficient (Wildman–Crippen LogP) is 4.53. The van der Waals surface area contributed by atoms with Crippen LogP contribution < -0.4 is 0 Å². The number of unbranched alkanes of at least 4 members (excludes halogenated alkanes) is 7. The number of hydrogen-bond donors (Lipinski definition) is 1. The van der Waals surface area contributed by atoms with Gasteiger partial charge in [0.2, 0.25) is 0 Å². The Hall–Kier alpha value is -0.0400. The van der Waals surface area contributed by atoms with Crippen molar-refractivity contribution >= 4 is 0 Å². The zero-order valence-corrected chi connectivity index (χ0v) is 11.0. The minimum atomic E-state index is -0.130. The Balaban J connectivity index is 3.05. The Bertz CT molecular complexity index is 121. The molecular formula is C14H30O. The molecule has 0 aromatic heterocycles. The van der Waals surface area contributed by atoms with Crippen LogP contribution in [0.3, 0.4) is 0 Å². The first-order valence-electron chi connectivity index (χ1n) is 6.86. The first-order valence-corrected chi connectivity index (χ1v) is 6.86. The lowest BCUT2D eigenvalue weighted by atomic mass is 9.98. The lowest BCUT2D eigenvalue weighted by molar-refractivity contribution is 0.128. The minimum Gasteiger partial charge on any atom is -0.393 e. The fraction of sp³-hybridized carbons (Fsp3) is 1.00. The maximum atomic E-state index is 9.32. The molecule has 0 rings (SSSR count). The van der Waals surface area contributed by atoms with E-state index in [4.69, 9.17) is 0 Å². The average Bonchev–Trinajstić information content (AvgIpc) is 2.21. The molecule has 15 heavy (non-hydrogen) atoms. The van der Waals surface area contributed by atoms with Gasteiger partial charge in [-0.05, 0) is 19.3 Å². The van der Waals surface area contributed by atoms with Gasteiger partial charge in [0, 0.05) is 0 Å². The van der Waals surface area contributed by atoms with Gasteiger partial charge in [-0.2, -0.15) is 0 Å². The van der Waals surface area contributed by atoms with Crippen LogP contribution in [0.25, 0.3) is 0 Å². The van der Waals surface area contributed by atoms with Gasteiger partial charge in [0.25, 0.3) is 0 Å². The standard InChI is InChI=1S/C14H30O/c1-4-5-6-7-8-9-10-11-12-13(2)14(3)15/h13-15H,4-12H2,1-3H3/t13?,14-/m0/s1. The average molecular weight is 214 g/mol. The molecule has 1 unspecified atom stereocenters. The third-order valence-electron chi connectivity index (χ3n) is 3.34. The van der Waals surface area contributed by atoms with Gasteiger partial charge in [-0.25, -0.2) is 0 Å². The highest BCUT2D eigenvalue weighted by molar-refractivity contribution is 4.59. The second kappa shape index (κ2) is 10.5. The summed E-state index contributed by atoms with van der Waals surface area (Å²) < 4.78 is 0. The van der Waals surface area contributed by atoms with Gasteiger partial charge < -0.3 is 5.11 Å². The van der Waals surface area contributed by atoms with Crippen LogP contribution in [-0.4, -0.2) is 11.2 Å². The Morgan fingerprint density at radius 2 is 1.27 bits per heavy atom. The first-order chi connectivity index (χ1) is 7.18. The van der Waals surface area contributed by atoms with Crippen LogP contribution in [-0.2, 0) is 0 Å². The summed E-state index contributed by atoms with van der Waals surface area (Å²) in [6.45, 7) is 6.30. The Morgan fingerprint density at radius 1 is 0.800 bits per heavy atom. The molecule has 0 aliphatic carbocycles. The fourth-order valence-electron chi connectivity index (χ4n) is 1.84. The second-order valence-corrected chi connectivity index (χ2v) is 4.98. The SMILES string of the molecule is CCCCCCCCCCC(C)[C@H](C)O. The van der Waals surface area contributed by atoms with Crippen molar-refractivity contribution in [1.29, 1.82) is 0 Å². The smallest absolute Gasteiger partial charge is 0.0537 e. The van der Waals surface area contributed by atoms with Gasteiger partial charge in [0.1, 0.15) is 0 Å². The molecule has 0 spiro atoms. The maximum Gasteiger partial charge on any atom is 0.0537 e. The lowest BCUT2D eigenvalue weighted by Gasteiger charge is -2.13. The highest BCUT2D eigenvalue weighted by atomic mass is 16.3. The van der Waals surface area contributed by atoms with Crippen molar-refractivity contribution in [2.45, 2.75) is 84.7 Å². The van der Waals surface area contributed by atoms with Crippen LogP contribution in [0.1, 0.15) is 78.6 Å². The summed E-state index contributed by atoms with van der Waals surface area (Å²) in [5, 5.41) is 9.32. The van der Waals surface area contributed by atoms with E-state index in [1.54, 1.807) is 0 Å². The van der Waals surface area contributed by atoms with E-state index >= 15 is 0 Å². The van der Waals surface area contributed by atoms with Crippen molar-refractivity contribution in [3.63, 3.8) is 0 Å². The van der Waals surface area contributed by atoms with Gasteiger partial charge in [0.05, 0.1) is 6.10 Å². The largest absolute Gasteiger partial charge is 0.393 e.